The summed E-state index contributed by atoms with van der Waals surface area (Å²) < 4.78 is 15.6. The number of likely N-dealkylation sites (tertiary alicyclic amines) is 1. The smallest absolute Gasteiger partial charge is 0.409 e. The minimum absolute atomic E-state index is 0.0203. The third-order valence-electron chi connectivity index (χ3n) is 4.89. The monoisotopic (exact) mass is 393 g/mol. The zero-order valence-corrected chi connectivity index (χ0v) is 17.3. The molecular weight excluding hydrogens is 362 g/mol. The highest BCUT2D eigenvalue weighted by molar-refractivity contribution is 5.75. The fraction of sp³-hybridized carbons (Fsp3) is 0.600. The number of carbonyl (C=O) groups is 2. The molecule has 1 heterocycles. The summed E-state index contributed by atoms with van der Waals surface area (Å²) in [5.74, 6) is 1.25. The van der Waals surface area contributed by atoms with Crippen molar-refractivity contribution in [3.63, 3.8) is 0 Å². The maximum atomic E-state index is 12.5. The van der Waals surface area contributed by atoms with Crippen LogP contribution >= 0.6 is 0 Å². The third-order valence-corrected chi connectivity index (χ3v) is 4.89. The van der Waals surface area contributed by atoms with Crippen molar-refractivity contribution < 1.29 is 23.8 Å². The Morgan fingerprint density at radius 1 is 1.14 bits per heavy atom. The van der Waals surface area contributed by atoms with Crippen LogP contribution < -0.4 is 20.1 Å². The Kier molecular flexibility index (Phi) is 7.37. The average Bonchev–Trinajstić information content (AvgIpc) is 2.67. The number of urea groups is 1. The van der Waals surface area contributed by atoms with Crippen molar-refractivity contribution in [1.29, 1.82) is 0 Å². The molecule has 8 nitrogen and oxygen atoms in total. The second-order valence-corrected chi connectivity index (χ2v) is 7.25. The molecule has 0 saturated carbocycles. The number of piperidine rings is 1. The van der Waals surface area contributed by atoms with Crippen LogP contribution in [-0.4, -0.2) is 57.0 Å². The molecule has 0 unspecified atom stereocenters. The van der Waals surface area contributed by atoms with Crippen LogP contribution in [0, 0.1) is 0 Å². The molecule has 0 aliphatic carbocycles. The first-order chi connectivity index (χ1) is 13.3. The maximum absolute atomic E-state index is 12.5. The van der Waals surface area contributed by atoms with Gasteiger partial charge in [-0.2, -0.15) is 0 Å². The number of carbonyl (C=O) groups excluding carboxylic acids is 2. The molecule has 1 aliphatic heterocycles. The van der Waals surface area contributed by atoms with Gasteiger partial charge in [-0.05, 0) is 51.3 Å². The van der Waals surface area contributed by atoms with Crippen molar-refractivity contribution in [2.45, 2.75) is 45.2 Å². The summed E-state index contributed by atoms with van der Waals surface area (Å²) in [6.07, 6.45) is 1.10. The Morgan fingerprint density at radius 3 is 2.36 bits per heavy atom. The molecule has 28 heavy (non-hydrogen) atoms. The van der Waals surface area contributed by atoms with Crippen LogP contribution in [-0.2, 0) is 10.3 Å². The Morgan fingerprint density at radius 2 is 1.79 bits per heavy atom. The van der Waals surface area contributed by atoms with Crippen molar-refractivity contribution >= 4 is 12.1 Å². The van der Waals surface area contributed by atoms with E-state index in [0.29, 0.717) is 44.0 Å². The number of benzene rings is 1. The highest BCUT2D eigenvalue weighted by Gasteiger charge is 2.28. The topological polar surface area (TPSA) is 89.1 Å². The standard InChI is InChI=1S/C20H31N3O5/c1-6-28-19(25)23-11-9-15(10-12-23)21-18(24)22-20(2,3)14-7-8-16(26-4)17(13-14)27-5/h7-8,13,15H,6,9-12H2,1-5H3,(H2,21,22,24). The number of hydrogen-bond acceptors (Lipinski definition) is 5. The Hall–Kier alpha value is -2.64. The first-order valence-electron chi connectivity index (χ1n) is 9.53. The highest BCUT2D eigenvalue weighted by Crippen LogP contribution is 2.32. The van der Waals surface area contributed by atoms with Gasteiger partial charge < -0.3 is 29.7 Å². The van der Waals surface area contributed by atoms with Crippen LogP contribution in [0.15, 0.2) is 18.2 Å². The SMILES string of the molecule is CCOC(=O)N1CCC(NC(=O)NC(C)(C)c2ccc(OC)c(OC)c2)CC1. The molecule has 3 amide bonds. The fourth-order valence-electron chi connectivity index (χ4n) is 3.22. The van der Waals surface area contributed by atoms with Gasteiger partial charge in [0.05, 0.1) is 26.4 Å². The second kappa shape index (κ2) is 9.52. The summed E-state index contributed by atoms with van der Waals surface area (Å²) in [6, 6.07) is 5.36. The molecule has 1 saturated heterocycles. The Balaban J connectivity index is 1.91. The van der Waals surface area contributed by atoms with Crippen LogP contribution in [0.4, 0.5) is 9.59 Å². The molecule has 1 aromatic carbocycles. The van der Waals surface area contributed by atoms with E-state index in [1.165, 1.54) is 0 Å². The van der Waals surface area contributed by atoms with E-state index in [-0.39, 0.29) is 18.2 Å². The van der Waals surface area contributed by atoms with Crippen molar-refractivity contribution in [1.82, 2.24) is 15.5 Å². The van der Waals surface area contributed by atoms with Crippen LogP contribution in [0.1, 0.15) is 39.2 Å². The first-order valence-corrected chi connectivity index (χ1v) is 9.53. The van der Waals surface area contributed by atoms with E-state index in [4.69, 9.17) is 14.2 Å². The molecule has 1 fully saturated rings. The van der Waals surface area contributed by atoms with E-state index < -0.39 is 5.54 Å². The summed E-state index contributed by atoms with van der Waals surface area (Å²) in [4.78, 5) is 25.9. The number of rotatable bonds is 6. The zero-order valence-electron chi connectivity index (χ0n) is 17.3. The molecule has 2 N–H and O–H groups in total. The molecule has 0 aromatic heterocycles. The summed E-state index contributed by atoms with van der Waals surface area (Å²) >= 11 is 0. The molecule has 0 atom stereocenters. The van der Waals surface area contributed by atoms with Gasteiger partial charge in [0.1, 0.15) is 0 Å². The molecule has 2 rings (SSSR count). The Labute approximate surface area is 166 Å². The van der Waals surface area contributed by atoms with Crippen molar-refractivity contribution in [3.05, 3.63) is 23.8 Å². The van der Waals surface area contributed by atoms with Crippen molar-refractivity contribution in [2.24, 2.45) is 0 Å². The zero-order chi connectivity index (χ0) is 20.7. The van der Waals surface area contributed by atoms with Crippen LogP contribution in [0.5, 0.6) is 11.5 Å². The molecule has 0 bridgehead atoms. The van der Waals surface area contributed by atoms with Gasteiger partial charge in [-0.1, -0.05) is 6.07 Å². The summed E-state index contributed by atoms with van der Waals surface area (Å²) in [5, 5.41) is 6.01. The second-order valence-electron chi connectivity index (χ2n) is 7.25. The van der Waals surface area contributed by atoms with E-state index in [2.05, 4.69) is 10.6 Å². The lowest BCUT2D eigenvalue weighted by Crippen LogP contribution is -2.52. The van der Waals surface area contributed by atoms with Crippen LogP contribution in [0.3, 0.4) is 0 Å². The van der Waals surface area contributed by atoms with Crippen LogP contribution in [0.2, 0.25) is 0 Å². The molecule has 0 spiro atoms. The molecule has 8 heteroatoms. The van der Waals surface area contributed by atoms with E-state index in [9.17, 15) is 9.59 Å². The highest BCUT2D eigenvalue weighted by atomic mass is 16.6. The molecule has 1 aliphatic rings. The van der Waals surface area contributed by atoms with E-state index in [1.807, 2.05) is 32.0 Å². The number of amides is 3. The van der Waals surface area contributed by atoms with Gasteiger partial charge in [0, 0.05) is 19.1 Å². The molecule has 1 aromatic rings. The fourth-order valence-corrected chi connectivity index (χ4v) is 3.22. The predicted molar refractivity (Wildman–Crippen MR) is 106 cm³/mol. The number of ether oxygens (including phenoxy) is 3. The minimum atomic E-state index is -0.602. The number of nitrogens with zero attached hydrogens (tertiary/aromatic N) is 1. The van der Waals surface area contributed by atoms with E-state index in [0.717, 1.165) is 5.56 Å². The number of hydrogen-bond donors (Lipinski definition) is 2. The van der Waals surface area contributed by atoms with Gasteiger partial charge in [-0.3, -0.25) is 0 Å². The van der Waals surface area contributed by atoms with E-state index >= 15 is 0 Å². The summed E-state index contributed by atoms with van der Waals surface area (Å²) in [6.45, 7) is 7.15. The predicted octanol–water partition coefficient (Wildman–Crippen LogP) is 2.86. The largest absolute Gasteiger partial charge is 0.493 e. The van der Waals surface area contributed by atoms with E-state index in [1.54, 1.807) is 26.0 Å². The van der Waals surface area contributed by atoms with Gasteiger partial charge in [0.15, 0.2) is 11.5 Å². The van der Waals surface area contributed by atoms with Crippen LogP contribution in [0.25, 0.3) is 0 Å². The normalized spacial score (nSPS) is 15.0. The minimum Gasteiger partial charge on any atom is -0.493 e. The number of methoxy groups -OCH3 is 2. The van der Waals surface area contributed by atoms with Gasteiger partial charge in [-0.15, -0.1) is 0 Å². The molecule has 156 valence electrons. The van der Waals surface area contributed by atoms with Gasteiger partial charge >= 0.3 is 12.1 Å². The first kappa shape index (κ1) is 21.7. The molecular formula is C20H31N3O5. The van der Waals surface area contributed by atoms with Gasteiger partial charge in [-0.25, -0.2) is 9.59 Å². The lowest BCUT2D eigenvalue weighted by molar-refractivity contribution is 0.0956. The third kappa shape index (κ3) is 5.43. The quantitative estimate of drug-likeness (QED) is 0.776. The van der Waals surface area contributed by atoms with Crippen molar-refractivity contribution in [2.75, 3.05) is 33.9 Å². The van der Waals surface area contributed by atoms with Gasteiger partial charge in [0.25, 0.3) is 0 Å². The maximum Gasteiger partial charge on any atom is 0.409 e. The van der Waals surface area contributed by atoms with Gasteiger partial charge in [0.2, 0.25) is 0 Å². The number of nitrogens with one attached hydrogen (secondary N) is 2. The lowest BCUT2D eigenvalue weighted by Gasteiger charge is -2.33. The average molecular weight is 393 g/mol. The Bertz CT molecular complexity index is 684. The lowest BCUT2D eigenvalue weighted by atomic mass is 9.94. The summed E-state index contributed by atoms with van der Waals surface area (Å²) in [7, 11) is 3.17. The summed E-state index contributed by atoms with van der Waals surface area (Å²) in [5.41, 5.74) is 0.298. The van der Waals surface area contributed by atoms with Crippen molar-refractivity contribution in [3.8, 4) is 11.5 Å². The molecule has 0 radical (unpaired) electrons.